The summed E-state index contributed by atoms with van der Waals surface area (Å²) in [6.45, 7) is 3.80. The van der Waals surface area contributed by atoms with Gasteiger partial charge in [0, 0.05) is 13.1 Å². The first-order valence-corrected chi connectivity index (χ1v) is 5.00. The molecule has 0 bridgehead atoms. The van der Waals surface area contributed by atoms with Crippen LogP contribution in [0.25, 0.3) is 0 Å². The highest BCUT2D eigenvalue weighted by Crippen LogP contribution is 2.23. The number of hydrogen-bond acceptors (Lipinski definition) is 2. The fraction of sp³-hybridized carbons (Fsp3) is 0.444. The van der Waals surface area contributed by atoms with Gasteiger partial charge in [0.1, 0.15) is 0 Å². The lowest BCUT2D eigenvalue weighted by molar-refractivity contribution is 0.0496. The molecule has 0 N–H and O–H groups in total. The second-order valence-electron chi connectivity index (χ2n) is 3.41. The molecule has 0 saturated carbocycles. The number of hydrogen-bond donors (Lipinski definition) is 0. The lowest BCUT2D eigenvalue weighted by Gasteiger charge is -2.36. The predicted molar refractivity (Wildman–Crippen MR) is 51.5 cm³/mol. The molecule has 0 unspecified atom stereocenters. The van der Waals surface area contributed by atoms with Gasteiger partial charge in [-0.05, 0) is 27.9 Å². The number of rotatable bonds is 1. The van der Waals surface area contributed by atoms with Gasteiger partial charge in [-0.25, -0.2) is 0 Å². The molecule has 1 aliphatic heterocycles. The van der Waals surface area contributed by atoms with E-state index >= 15 is 0 Å². The van der Waals surface area contributed by atoms with Crippen LogP contribution in [-0.4, -0.2) is 23.9 Å². The summed E-state index contributed by atoms with van der Waals surface area (Å²) >= 11 is 3.26. The fourth-order valence-corrected chi connectivity index (χ4v) is 1.83. The van der Waals surface area contributed by atoms with Crippen LogP contribution in [0.3, 0.4) is 0 Å². The predicted octanol–water partition coefficient (Wildman–Crippen LogP) is 2.13. The molecule has 70 valence electrons. The fourth-order valence-electron chi connectivity index (χ4n) is 1.45. The van der Waals surface area contributed by atoms with Crippen molar-refractivity contribution in [2.45, 2.75) is 6.92 Å². The zero-order valence-electron chi connectivity index (χ0n) is 7.29. The molecule has 1 amide bonds. The van der Waals surface area contributed by atoms with Crippen molar-refractivity contribution in [3.63, 3.8) is 0 Å². The van der Waals surface area contributed by atoms with Crippen molar-refractivity contribution in [3.8, 4) is 0 Å². The topological polar surface area (TPSA) is 33.5 Å². The second-order valence-corrected chi connectivity index (χ2v) is 4.27. The third-order valence-corrected chi connectivity index (χ3v) is 2.79. The largest absolute Gasteiger partial charge is 0.458 e. The smallest absolute Gasteiger partial charge is 0.290 e. The lowest BCUT2D eigenvalue weighted by Crippen LogP contribution is -2.48. The van der Waals surface area contributed by atoms with Crippen LogP contribution in [-0.2, 0) is 0 Å². The first kappa shape index (κ1) is 8.81. The van der Waals surface area contributed by atoms with Gasteiger partial charge in [0.25, 0.3) is 5.91 Å². The van der Waals surface area contributed by atoms with Crippen LogP contribution in [0.15, 0.2) is 21.2 Å². The molecule has 4 heteroatoms. The Bertz CT molecular complexity index is 328. The summed E-state index contributed by atoms with van der Waals surface area (Å²) in [6.07, 6.45) is 1.51. The zero-order chi connectivity index (χ0) is 9.42. The SMILES string of the molecule is CC1CN(C(=O)c2occc2Br)C1. The number of halogens is 1. The number of carbonyl (C=O) groups excluding carboxylic acids is 1. The maximum atomic E-state index is 11.7. The molecule has 1 aromatic heterocycles. The first-order chi connectivity index (χ1) is 6.18. The Morgan fingerprint density at radius 2 is 2.38 bits per heavy atom. The molecule has 13 heavy (non-hydrogen) atoms. The summed E-state index contributed by atoms with van der Waals surface area (Å²) in [5.74, 6) is 1.01. The minimum Gasteiger partial charge on any atom is -0.458 e. The second kappa shape index (κ2) is 3.18. The maximum absolute atomic E-state index is 11.7. The summed E-state index contributed by atoms with van der Waals surface area (Å²) in [7, 11) is 0. The molecule has 0 atom stereocenters. The number of amides is 1. The van der Waals surface area contributed by atoms with E-state index in [1.54, 1.807) is 11.0 Å². The molecule has 0 aromatic carbocycles. The van der Waals surface area contributed by atoms with Crippen molar-refractivity contribution in [2.75, 3.05) is 13.1 Å². The Balaban J connectivity index is 2.10. The van der Waals surface area contributed by atoms with Crippen molar-refractivity contribution in [1.82, 2.24) is 4.90 Å². The molecule has 0 radical (unpaired) electrons. The van der Waals surface area contributed by atoms with Crippen LogP contribution in [0.4, 0.5) is 0 Å². The summed E-state index contributed by atoms with van der Waals surface area (Å²) in [6, 6.07) is 1.73. The summed E-state index contributed by atoms with van der Waals surface area (Å²) < 4.78 is 5.81. The van der Waals surface area contributed by atoms with Gasteiger partial charge in [-0.15, -0.1) is 0 Å². The first-order valence-electron chi connectivity index (χ1n) is 4.20. The van der Waals surface area contributed by atoms with Gasteiger partial charge in [0.15, 0.2) is 0 Å². The van der Waals surface area contributed by atoms with Gasteiger partial charge < -0.3 is 9.32 Å². The molecule has 1 saturated heterocycles. The minimum absolute atomic E-state index is 0.0185. The minimum atomic E-state index is -0.0185. The van der Waals surface area contributed by atoms with Crippen LogP contribution >= 0.6 is 15.9 Å². The molecule has 0 aliphatic carbocycles. The van der Waals surface area contributed by atoms with E-state index < -0.39 is 0 Å². The van der Waals surface area contributed by atoms with E-state index in [4.69, 9.17) is 4.42 Å². The van der Waals surface area contributed by atoms with E-state index in [9.17, 15) is 4.79 Å². The van der Waals surface area contributed by atoms with Crippen molar-refractivity contribution in [2.24, 2.45) is 5.92 Å². The highest BCUT2D eigenvalue weighted by molar-refractivity contribution is 9.10. The van der Waals surface area contributed by atoms with Gasteiger partial charge in [-0.2, -0.15) is 0 Å². The van der Waals surface area contributed by atoms with Crippen LogP contribution in [0.5, 0.6) is 0 Å². The molecule has 2 rings (SSSR count). The van der Waals surface area contributed by atoms with E-state index in [0.717, 1.165) is 17.6 Å². The van der Waals surface area contributed by atoms with Crippen molar-refractivity contribution < 1.29 is 9.21 Å². The van der Waals surface area contributed by atoms with E-state index in [1.165, 1.54) is 6.26 Å². The Morgan fingerprint density at radius 3 is 2.85 bits per heavy atom. The van der Waals surface area contributed by atoms with E-state index in [-0.39, 0.29) is 5.91 Å². The number of nitrogens with zero attached hydrogens (tertiary/aromatic N) is 1. The van der Waals surface area contributed by atoms with Gasteiger partial charge in [-0.1, -0.05) is 6.92 Å². The molecule has 1 aliphatic rings. The monoisotopic (exact) mass is 243 g/mol. The van der Waals surface area contributed by atoms with Crippen molar-refractivity contribution >= 4 is 21.8 Å². The van der Waals surface area contributed by atoms with Gasteiger partial charge in [-0.3, -0.25) is 4.79 Å². The normalized spacial score (nSPS) is 17.2. The molecular weight excluding hydrogens is 234 g/mol. The summed E-state index contributed by atoms with van der Waals surface area (Å²) in [5, 5.41) is 0. The zero-order valence-corrected chi connectivity index (χ0v) is 8.87. The van der Waals surface area contributed by atoms with E-state index in [0.29, 0.717) is 11.7 Å². The van der Waals surface area contributed by atoms with Gasteiger partial charge in [0.2, 0.25) is 5.76 Å². The maximum Gasteiger partial charge on any atom is 0.290 e. The highest BCUT2D eigenvalue weighted by atomic mass is 79.9. The van der Waals surface area contributed by atoms with Gasteiger partial charge >= 0.3 is 0 Å². The number of carbonyl (C=O) groups is 1. The molecule has 1 aromatic rings. The van der Waals surface area contributed by atoms with E-state index in [1.807, 2.05) is 0 Å². The van der Waals surface area contributed by atoms with E-state index in [2.05, 4.69) is 22.9 Å². The summed E-state index contributed by atoms with van der Waals surface area (Å²) in [5.41, 5.74) is 0. The van der Waals surface area contributed by atoms with Crippen LogP contribution in [0.1, 0.15) is 17.5 Å². The molecule has 3 nitrogen and oxygen atoms in total. The van der Waals surface area contributed by atoms with Crippen LogP contribution < -0.4 is 0 Å². The average Bonchev–Trinajstić information content (AvgIpc) is 2.44. The van der Waals surface area contributed by atoms with Gasteiger partial charge in [0.05, 0.1) is 10.7 Å². The van der Waals surface area contributed by atoms with Crippen LogP contribution in [0, 0.1) is 5.92 Å². The highest BCUT2D eigenvalue weighted by Gasteiger charge is 2.30. The Kier molecular flexibility index (Phi) is 2.15. The van der Waals surface area contributed by atoms with Crippen LogP contribution in [0.2, 0.25) is 0 Å². The molecule has 1 fully saturated rings. The third kappa shape index (κ3) is 1.50. The molecule has 0 spiro atoms. The summed E-state index contributed by atoms with van der Waals surface area (Å²) in [4.78, 5) is 13.4. The lowest BCUT2D eigenvalue weighted by atomic mass is 10.0. The average molecular weight is 244 g/mol. The Morgan fingerprint density at radius 1 is 1.69 bits per heavy atom. The Labute approximate surface area is 84.8 Å². The molecular formula is C9H10BrNO2. The number of likely N-dealkylation sites (tertiary alicyclic amines) is 1. The van der Waals surface area contributed by atoms with Crippen molar-refractivity contribution in [1.29, 1.82) is 0 Å². The quantitative estimate of drug-likeness (QED) is 0.758. The standard InChI is InChI=1S/C9H10BrNO2/c1-6-4-11(5-6)9(12)8-7(10)2-3-13-8/h2-3,6H,4-5H2,1H3. The third-order valence-electron chi connectivity index (χ3n) is 2.16. The van der Waals surface area contributed by atoms with Crippen molar-refractivity contribution in [3.05, 3.63) is 22.6 Å². The molecule has 2 heterocycles. The Hall–Kier alpha value is -0.770. The number of furan rings is 1.